The summed E-state index contributed by atoms with van der Waals surface area (Å²) < 4.78 is 30.5. The Hall–Kier alpha value is -4.85. The number of ether oxygens (including phenoxy) is 1. The lowest BCUT2D eigenvalue weighted by atomic mass is 10.2. The van der Waals surface area contributed by atoms with Gasteiger partial charge >= 0.3 is 11.7 Å². The second-order valence-corrected chi connectivity index (χ2v) is 10.2. The van der Waals surface area contributed by atoms with Gasteiger partial charge in [-0.05, 0) is 36.8 Å². The molecule has 3 N–H and O–H groups in total. The van der Waals surface area contributed by atoms with Crippen LogP contribution in [0.25, 0.3) is 28.1 Å². The summed E-state index contributed by atoms with van der Waals surface area (Å²) in [6.45, 7) is 3.88. The minimum Gasteiger partial charge on any atom is -0.493 e. The number of aryl methyl sites for hydroxylation is 1. The highest BCUT2D eigenvalue weighted by Gasteiger charge is 2.23. The number of imidazole rings is 1. The summed E-state index contributed by atoms with van der Waals surface area (Å²) in [5.41, 5.74) is 8.92. The first kappa shape index (κ1) is 27.3. The number of benzene rings is 1. The molecule has 1 saturated heterocycles. The number of aromatic nitrogens is 5. The Kier molecular flexibility index (Phi) is 7.29. The zero-order chi connectivity index (χ0) is 29.4. The largest absolute Gasteiger partial charge is 0.493 e. The minimum absolute atomic E-state index is 0.00644. The molecule has 0 radical (unpaired) electrons. The molecule has 5 heterocycles. The number of carboxylic acids is 1. The van der Waals surface area contributed by atoms with Gasteiger partial charge in [0.15, 0.2) is 11.4 Å². The molecule has 6 rings (SSSR count). The van der Waals surface area contributed by atoms with Crippen LogP contribution in [-0.4, -0.2) is 79.0 Å². The second kappa shape index (κ2) is 11.2. The van der Waals surface area contributed by atoms with Crippen molar-refractivity contribution in [2.24, 2.45) is 7.05 Å². The first-order chi connectivity index (χ1) is 20.3. The molecule has 42 heavy (non-hydrogen) atoms. The Morgan fingerprint density at radius 3 is 2.69 bits per heavy atom. The minimum atomic E-state index is -0.888. The molecular weight excluding hydrogens is 547 g/mol. The van der Waals surface area contributed by atoms with E-state index in [0.29, 0.717) is 85.3 Å². The average Bonchev–Trinajstić information content (AvgIpc) is 3.71. The van der Waals surface area contributed by atoms with Crippen LogP contribution in [0.15, 0.2) is 51.9 Å². The third kappa shape index (κ3) is 5.16. The fourth-order valence-corrected chi connectivity index (χ4v) is 5.37. The van der Waals surface area contributed by atoms with E-state index in [-0.39, 0.29) is 30.5 Å². The third-order valence-electron chi connectivity index (χ3n) is 7.56. The molecule has 0 aliphatic carbocycles. The Balaban J connectivity index is 1.11. The monoisotopic (exact) mass is 578 g/mol. The predicted molar refractivity (Wildman–Crippen MR) is 153 cm³/mol. The van der Waals surface area contributed by atoms with Gasteiger partial charge < -0.3 is 24.9 Å². The topological polar surface area (TPSA) is 149 Å². The summed E-state index contributed by atoms with van der Waals surface area (Å²) in [4.78, 5) is 32.6. The molecule has 0 saturated carbocycles. The van der Waals surface area contributed by atoms with Crippen LogP contribution in [0.4, 0.5) is 16.0 Å². The summed E-state index contributed by atoms with van der Waals surface area (Å²) in [6.07, 6.45) is 1.93. The highest BCUT2D eigenvalue weighted by atomic mass is 19.1. The van der Waals surface area contributed by atoms with Gasteiger partial charge in [-0.3, -0.25) is 18.8 Å². The number of furan rings is 1. The Morgan fingerprint density at radius 2 is 1.98 bits per heavy atom. The van der Waals surface area contributed by atoms with Gasteiger partial charge in [0.1, 0.15) is 22.8 Å². The van der Waals surface area contributed by atoms with E-state index >= 15 is 0 Å². The highest BCUT2D eigenvalue weighted by molar-refractivity contribution is 5.91. The summed E-state index contributed by atoms with van der Waals surface area (Å²) in [7, 11) is 1.71. The van der Waals surface area contributed by atoms with Crippen molar-refractivity contribution in [3.63, 3.8) is 0 Å². The number of nitrogens with zero attached hydrogens (tertiary/aromatic N) is 7. The van der Waals surface area contributed by atoms with Gasteiger partial charge in [-0.15, -0.1) is 0 Å². The van der Waals surface area contributed by atoms with E-state index in [1.165, 1.54) is 10.6 Å². The normalized spacial score (nSPS) is 14.3. The van der Waals surface area contributed by atoms with Gasteiger partial charge in [-0.25, -0.2) is 9.18 Å². The van der Waals surface area contributed by atoms with Gasteiger partial charge in [0.05, 0.1) is 24.1 Å². The van der Waals surface area contributed by atoms with E-state index in [0.717, 1.165) is 0 Å². The molecule has 14 heteroatoms. The van der Waals surface area contributed by atoms with Crippen LogP contribution in [0.1, 0.15) is 12.8 Å². The number of anilines is 2. The van der Waals surface area contributed by atoms with Crippen molar-refractivity contribution in [2.45, 2.75) is 19.4 Å². The van der Waals surface area contributed by atoms with Gasteiger partial charge in [0.2, 0.25) is 5.95 Å². The standard InChI is InChI=1S/C28H31FN8O5/c1-33-25-22-17-20(23-4-2-15-42-23)32-37(22)27(30)31-26(25)36(28(33)40)13-10-34-8-11-35(12-9-34)21-7-6-18(16-19(21)29)41-14-3-5-24(38)39/h2,4,6-7,15-17H,3,5,8-14H2,1H3,(H2,30,31)(H,38,39). The van der Waals surface area contributed by atoms with E-state index in [1.54, 1.807) is 46.7 Å². The second-order valence-electron chi connectivity index (χ2n) is 10.2. The molecule has 1 fully saturated rings. The van der Waals surface area contributed by atoms with E-state index in [9.17, 15) is 14.0 Å². The zero-order valence-corrected chi connectivity index (χ0v) is 23.1. The first-order valence-electron chi connectivity index (χ1n) is 13.7. The number of carboxylic acid groups (broad SMARTS) is 1. The molecule has 0 amide bonds. The smallest absolute Gasteiger partial charge is 0.330 e. The zero-order valence-electron chi connectivity index (χ0n) is 23.1. The van der Waals surface area contributed by atoms with Crippen molar-refractivity contribution in [1.29, 1.82) is 0 Å². The lowest BCUT2D eigenvalue weighted by molar-refractivity contribution is -0.137. The molecule has 0 bridgehead atoms. The fourth-order valence-electron chi connectivity index (χ4n) is 5.37. The fraction of sp³-hybridized carbons (Fsp3) is 0.357. The number of hydrogen-bond acceptors (Lipinski definition) is 9. The van der Waals surface area contributed by atoms with Gasteiger partial charge in [-0.2, -0.15) is 14.6 Å². The van der Waals surface area contributed by atoms with Gasteiger partial charge in [-0.1, -0.05) is 0 Å². The summed E-state index contributed by atoms with van der Waals surface area (Å²) in [5, 5.41) is 13.2. The number of nitrogens with two attached hydrogens (primary N) is 1. The SMILES string of the molecule is Cn1c(=O)n(CCN2CCN(c3ccc(OCCCC(=O)O)cc3F)CC2)c2nc(N)n3nc(-c4ccco4)cc3c21. The van der Waals surface area contributed by atoms with E-state index in [2.05, 4.69) is 15.0 Å². The van der Waals surface area contributed by atoms with Crippen LogP contribution in [-0.2, 0) is 18.4 Å². The Morgan fingerprint density at radius 1 is 1.17 bits per heavy atom. The van der Waals surface area contributed by atoms with Gasteiger partial charge in [0.25, 0.3) is 0 Å². The van der Waals surface area contributed by atoms with Crippen LogP contribution in [0.5, 0.6) is 5.75 Å². The van der Waals surface area contributed by atoms with E-state index < -0.39 is 5.97 Å². The molecule has 0 atom stereocenters. The maximum absolute atomic E-state index is 14.9. The summed E-state index contributed by atoms with van der Waals surface area (Å²) >= 11 is 0. The maximum Gasteiger partial charge on any atom is 0.330 e. The Bertz CT molecular complexity index is 1800. The average molecular weight is 579 g/mol. The first-order valence-corrected chi connectivity index (χ1v) is 13.7. The molecule has 220 valence electrons. The number of rotatable bonds is 10. The number of nitrogen functional groups attached to an aromatic ring is 1. The number of fused-ring (bicyclic) bond motifs is 3. The van der Waals surface area contributed by atoms with E-state index in [4.69, 9.17) is 20.0 Å². The quantitative estimate of drug-likeness (QED) is 0.237. The molecule has 5 aromatic rings. The molecule has 1 aliphatic heterocycles. The number of aliphatic carboxylic acids is 1. The van der Waals surface area contributed by atoms with Crippen LogP contribution >= 0.6 is 0 Å². The lowest BCUT2D eigenvalue weighted by Gasteiger charge is -2.36. The highest BCUT2D eigenvalue weighted by Crippen LogP contribution is 2.27. The van der Waals surface area contributed by atoms with Gasteiger partial charge in [0, 0.05) is 58.8 Å². The molecule has 1 aliphatic rings. The molecule has 0 unspecified atom stereocenters. The molecule has 13 nitrogen and oxygen atoms in total. The summed E-state index contributed by atoms with van der Waals surface area (Å²) in [6, 6.07) is 10.1. The number of halogens is 1. The van der Waals surface area contributed by atoms with Crippen molar-refractivity contribution >= 4 is 34.3 Å². The number of piperazine rings is 1. The van der Waals surface area contributed by atoms with Crippen LogP contribution in [0.2, 0.25) is 0 Å². The van der Waals surface area contributed by atoms with Crippen molar-refractivity contribution in [3.05, 3.63) is 59.0 Å². The predicted octanol–water partition coefficient (Wildman–Crippen LogP) is 2.43. The van der Waals surface area contributed by atoms with Crippen molar-refractivity contribution in [2.75, 3.05) is 50.0 Å². The van der Waals surface area contributed by atoms with Crippen LogP contribution in [0, 0.1) is 5.82 Å². The van der Waals surface area contributed by atoms with E-state index in [1.807, 2.05) is 11.0 Å². The van der Waals surface area contributed by atoms with Crippen LogP contribution in [0.3, 0.4) is 0 Å². The van der Waals surface area contributed by atoms with Crippen molar-refractivity contribution in [1.82, 2.24) is 28.6 Å². The third-order valence-corrected chi connectivity index (χ3v) is 7.56. The molecule has 0 spiro atoms. The maximum atomic E-state index is 14.9. The molecular formula is C28H31FN8O5. The van der Waals surface area contributed by atoms with Crippen molar-refractivity contribution < 1.29 is 23.4 Å². The van der Waals surface area contributed by atoms with Crippen molar-refractivity contribution in [3.8, 4) is 17.2 Å². The summed E-state index contributed by atoms with van der Waals surface area (Å²) in [5.74, 6) is -0.137. The number of carbonyl (C=O) groups is 1. The number of hydrogen-bond donors (Lipinski definition) is 2. The molecule has 4 aromatic heterocycles. The Labute approximate surface area is 239 Å². The molecule has 1 aromatic carbocycles. The lowest BCUT2D eigenvalue weighted by Crippen LogP contribution is -2.47. The van der Waals surface area contributed by atoms with Crippen LogP contribution < -0.4 is 21.1 Å².